The minimum Gasteiger partial charge on any atom is -0.481 e. The summed E-state index contributed by atoms with van der Waals surface area (Å²) in [7, 11) is 0. The normalized spacial score (nSPS) is 11.1. The van der Waals surface area contributed by atoms with Gasteiger partial charge in [0, 0.05) is 11.1 Å². The average Bonchev–Trinajstić information content (AvgIpc) is 2.29. The number of carbonyl (C=O) groups is 1. The first-order chi connectivity index (χ1) is 8.49. The second kappa shape index (κ2) is 4.94. The molecule has 0 bridgehead atoms. The Morgan fingerprint density at radius 2 is 2.17 bits per heavy atom. The molecule has 1 heterocycles. The summed E-state index contributed by atoms with van der Waals surface area (Å²) in [6, 6.07) is 7.30. The van der Waals surface area contributed by atoms with Crippen molar-refractivity contribution < 1.29 is 9.90 Å². The topological polar surface area (TPSA) is 50.2 Å². The molecule has 1 N–H and O–H groups in total. The van der Waals surface area contributed by atoms with Crippen molar-refractivity contribution in [2.75, 3.05) is 0 Å². The van der Waals surface area contributed by atoms with Crippen LogP contribution in [-0.4, -0.2) is 16.1 Å². The van der Waals surface area contributed by atoms with Gasteiger partial charge in [0.15, 0.2) is 0 Å². The van der Waals surface area contributed by atoms with Crippen LogP contribution >= 0.6 is 11.6 Å². The fraction of sp³-hybridized carbons (Fsp3) is 0.286. The highest BCUT2D eigenvalue weighted by molar-refractivity contribution is 6.35. The number of carboxylic acids is 1. The van der Waals surface area contributed by atoms with Gasteiger partial charge >= 0.3 is 5.97 Å². The van der Waals surface area contributed by atoms with Crippen LogP contribution in [-0.2, 0) is 11.2 Å². The molecule has 94 valence electrons. The van der Waals surface area contributed by atoms with Crippen molar-refractivity contribution >= 4 is 28.5 Å². The van der Waals surface area contributed by atoms with Crippen molar-refractivity contribution in [3.05, 3.63) is 40.5 Å². The SMILES string of the molecule is CC(C)c1cc(CC(=O)O)c2cccc(Cl)c2n1. The third kappa shape index (κ3) is 2.46. The Labute approximate surface area is 110 Å². The van der Waals surface area contributed by atoms with E-state index in [0.29, 0.717) is 10.5 Å². The number of hydrogen-bond acceptors (Lipinski definition) is 2. The number of pyridine rings is 1. The molecule has 0 saturated carbocycles. The van der Waals surface area contributed by atoms with E-state index in [1.807, 2.05) is 32.0 Å². The highest BCUT2D eigenvalue weighted by Gasteiger charge is 2.12. The van der Waals surface area contributed by atoms with E-state index < -0.39 is 5.97 Å². The molecule has 2 rings (SSSR count). The number of aromatic nitrogens is 1. The van der Waals surface area contributed by atoms with Gasteiger partial charge in [-0.25, -0.2) is 0 Å². The highest BCUT2D eigenvalue weighted by atomic mass is 35.5. The van der Waals surface area contributed by atoms with Crippen LogP contribution in [0.5, 0.6) is 0 Å². The molecule has 0 unspecified atom stereocenters. The lowest BCUT2D eigenvalue weighted by molar-refractivity contribution is -0.136. The molecular formula is C14H14ClNO2. The van der Waals surface area contributed by atoms with Gasteiger partial charge in [0.25, 0.3) is 0 Å². The average molecular weight is 264 g/mol. The molecule has 0 fully saturated rings. The molecule has 0 amide bonds. The van der Waals surface area contributed by atoms with Crippen LogP contribution in [0.25, 0.3) is 10.9 Å². The van der Waals surface area contributed by atoms with Crippen LogP contribution in [0.3, 0.4) is 0 Å². The highest BCUT2D eigenvalue weighted by Crippen LogP contribution is 2.27. The first kappa shape index (κ1) is 12.8. The number of fused-ring (bicyclic) bond motifs is 1. The van der Waals surface area contributed by atoms with Crippen LogP contribution in [0.2, 0.25) is 5.02 Å². The van der Waals surface area contributed by atoms with Gasteiger partial charge in [-0.1, -0.05) is 37.6 Å². The molecule has 0 aliphatic carbocycles. The summed E-state index contributed by atoms with van der Waals surface area (Å²) >= 11 is 6.13. The molecule has 2 aromatic rings. The zero-order chi connectivity index (χ0) is 13.3. The Morgan fingerprint density at radius 1 is 1.44 bits per heavy atom. The Kier molecular flexibility index (Phi) is 3.53. The van der Waals surface area contributed by atoms with Crippen molar-refractivity contribution in [1.82, 2.24) is 4.98 Å². The van der Waals surface area contributed by atoms with Crippen molar-refractivity contribution in [2.24, 2.45) is 0 Å². The molecular weight excluding hydrogens is 250 g/mol. The van der Waals surface area contributed by atoms with Gasteiger partial charge in [0.2, 0.25) is 0 Å². The molecule has 1 aromatic heterocycles. The molecule has 0 aliphatic rings. The maximum atomic E-state index is 10.9. The largest absolute Gasteiger partial charge is 0.481 e. The minimum atomic E-state index is -0.850. The van der Waals surface area contributed by atoms with Crippen LogP contribution in [0.4, 0.5) is 0 Å². The summed E-state index contributed by atoms with van der Waals surface area (Å²) in [5.41, 5.74) is 2.31. The van der Waals surface area contributed by atoms with Crippen LogP contribution < -0.4 is 0 Å². The standard InChI is InChI=1S/C14H14ClNO2/c1-8(2)12-6-9(7-13(17)18)10-4-3-5-11(15)14(10)16-12/h3-6,8H,7H2,1-2H3,(H,17,18). The summed E-state index contributed by atoms with van der Waals surface area (Å²) in [6.07, 6.45) is -0.0148. The fourth-order valence-corrected chi connectivity index (χ4v) is 2.13. The molecule has 0 radical (unpaired) electrons. The Hall–Kier alpha value is -1.61. The molecule has 18 heavy (non-hydrogen) atoms. The lowest BCUT2D eigenvalue weighted by Crippen LogP contribution is -2.04. The molecule has 0 aliphatic heterocycles. The third-order valence-corrected chi connectivity index (χ3v) is 3.13. The van der Waals surface area contributed by atoms with Gasteiger partial charge in [-0.3, -0.25) is 9.78 Å². The van der Waals surface area contributed by atoms with Gasteiger partial charge in [0.05, 0.1) is 17.0 Å². The Morgan fingerprint density at radius 3 is 2.78 bits per heavy atom. The molecule has 0 saturated heterocycles. The van der Waals surface area contributed by atoms with E-state index >= 15 is 0 Å². The van der Waals surface area contributed by atoms with E-state index in [4.69, 9.17) is 16.7 Å². The predicted octanol–water partition coefficient (Wildman–Crippen LogP) is 3.64. The summed E-state index contributed by atoms with van der Waals surface area (Å²) in [6.45, 7) is 4.05. The summed E-state index contributed by atoms with van der Waals surface area (Å²) in [5, 5.41) is 10.3. The Bertz CT molecular complexity index is 608. The maximum Gasteiger partial charge on any atom is 0.307 e. The van der Waals surface area contributed by atoms with Gasteiger partial charge in [-0.05, 0) is 23.6 Å². The van der Waals surface area contributed by atoms with Gasteiger partial charge < -0.3 is 5.11 Å². The zero-order valence-electron chi connectivity index (χ0n) is 10.3. The van der Waals surface area contributed by atoms with E-state index in [9.17, 15) is 4.79 Å². The summed E-state index contributed by atoms with van der Waals surface area (Å²) < 4.78 is 0. The van der Waals surface area contributed by atoms with Crippen molar-refractivity contribution in [1.29, 1.82) is 0 Å². The number of nitrogens with zero attached hydrogens (tertiary/aromatic N) is 1. The van der Waals surface area contributed by atoms with Gasteiger partial charge in [0.1, 0.15) is 0 Å². The van der Waals surface area contributed by atoms with Crippen LogP contribution in [0.15, 0.2) is 24.3 Å². The number of rotatable bonds is 3. The smallest absolute Gasteiger partial charge is 0.307 e. The van der Waals surface area contributed by atoms with Crippen LogP contribution in [0.1, 0.15) is 31.0 Å². The predicted molar refractivity (Wildman–Crippen MR) is 72.2 cm³/mol. The molecule has 4 heteroatoms. The quantitative estimate of drug-likeness (QED) is 0.920. The summed E-state index contributed by atoms with van der Waals surface area (Å²) in [5.74, 6) is -0.615. The molecule has 1 aromatic carbocycles. The maximum absolute atomic E-state index is 10.9. The first-order valence-electron chi connectivity index (χ1n) is 5.79. The number of hydrogen-bond donors (Lipinski definition) is 1. The molecule has 3 nitrogen and oxygen atoms in total. The van der Waals surface area contributed by atoms with E-state index in [1.165, 1.54) is 0 Å². The number of halogens is 1. The second-order valence-corrected chi connectivity index (χ2v) is 4.97. The Balaban J connectivity index is 2.72. The zero-order valence-corrected chi connectivity index (χ0v) is 11.0. The lowest BCUT2D eigenvalue weighted by Gasteiger charge is -2.11. The lowest BCUT2D eigenvalue weighted by atomic mass is 10.0. The van der Waals surface area contributed by atoms with Gasteiger partial charge in [-0.2, -0.15) is 0 Å². The van der Waals surface area contributed by atoms with Crippen molar-refractivity contribution in [2.45, 2.75) is 26.2 Å². The van der Waals surface area contributed by atoms with E-state index in [2.05, 4.69) is 4.98 Å². The molecule has 0 spiro atoms. The number of benzene rings is 1. The van der Waals surface area contributed by atoms with Crippen molar-refractivity contribution in [3.8, 4) is 0 Å². The number of para-hydroxylation sites is 1. The van der Waals surface area contributed by atoms with E-state index in [0.717, 1.165) is 16.6 Å². The molecule has 0 atom stereocenters. The van der Waals surface area contributed by atoms with E-state index in [-0.39, 0.29) is 12.3 Å². The second-order valence-electron chi connectivity index (χ2n) is 4.57. The fourth-order valence-electron chi connectivity index (χ4n) is 1.91. The monoisotopic (exact) mass is 263 g/mol. The first-order valence-corrected chi connectivity index (χ1v) is 6.16. The van der Waals surface area contributed by atoms with E-state index in [1.54, 1.807) is 6.07 Å². The van der Waals surface area contributed by atoms with Crippen molar-refractivity contribution in [3.63, 3.8) is 0 Å². The summed E-state index contributed by atoms with van der Waals surface area (Å²) in [4.78, 5) is 15.4. The third-order valence-electron chi connectivity index (χ3n) is 2.83. The minimum absolute atomic E-state index is 0.0148. The number of aliphatic carboxylic acids is 1. The van der Waals surface area contributed by atoms with Crippen LogP contribution in [0, 0.1) is 0 Å². The number of carboxylic acid groups (broad SMARTS) is 1. The van der Waals surface area contributed by atoms with Gasteiger partial charge in [-0.15, -0.1) is 0 Å².